The number of nitrogens with zero attached hydrogens (tertiary/aromatic N) is 1. The van der Waals surface area contributed by atoms with Crippen LogP contribution >= 0.6 is 11.6 Å². The third kappa shape index (κ3) is 4.46. The van der Waals surface area contributed by atoms with Crippen LogP contribution in [0.2, 0.25) is 5.02 Å². The summed E-state index contributed by atoms with van der Waals surface area (Å²) in [6.07, 6.45) is 0.892. The molecular formula is C17H24ClNO5S. The summed E-state index contributed by atoms with van der Waals surface area (Å²) in [6, 6.07) is 3.08. The molecule has 0 aromatic heterocycles. The molecule has 140 valence electrons. The molecule has 0 radical (unpaired) electrons. The fraction of sp³-hybridized carbons (Fsp3) is 0.588. The number of aryl methyl sites for hydroxylation is 1. The van der Waals surface area contributed by atoms with Crippen LogP contribution in [0.5, 0.6) is 5.75 Å². The van der Waals surface area contributed by atoms with Crippen LogP contribution in [0.15, 0.2) is 17.0 Å². The average molecular weight is 390 g/mol. The molecule has 0 unspecified atom stereocenters. The molecule has 1 aromatic rings. The standard InChI is InChI=1S/C17H24ClNO5S/c1-4-23-15-10-12(3)14(18)11-16(15)25(21,22)19-8-6-13(7-9-19)17(20)24-5-2/h10-11,13H,4-9H2,1-3H3. The van der Waals surface area contributed by atoms with Crippen molar-refractivity contribution in [3.63, 3.8) is 0 Å². The molecule has 0 atom stereocenters. The predicted octanol–water partition coefficient (Wildman–Crippen LogP) is 3.01. The second-order valence-electron chi connectivity index (χ2n) is 5.91. The first kappa shape index (κ1) is 20.0. The highest BCUT2D eigenvalue weighted by Crippen LogP contribution is 2.34. The van der Waals surface area contributed by atoms with E-state index in [9.17, 15) is 13.2 Å². The van der Waals surface area contributed by atoms with Gasteiger partial charge in [-0.25, -0.2) is 8.42 Å². The lowest BCUT2D eigenvalue weighted by Crippen LogP contribution is -2.40. The minimum atomic E-state index is -3.74. The number of carbonyl (C=O) groups is 1. The molecule has 1 aliphatic rings. The summed E-state index contributed by atoms with van der Waals surface area (Å²) in [5.41, 5.74) is 0.755. The summed E-state index contributed by atoms with van der Waals surface area (Å²) < 4.78 is 37.9. The van der Waals surface area contributed by atoms with Gasteiger partial charge in [0.2, 0.25) is 10.0 Å². The highest BCUT2D eigenvalue weighted by Gasteiger charge is 2.34. The van der Waals surface area contributed by atoms with E-state index in [1.807, 2.05) is 0 Å². The van der Waals surface area contributed by atoms with Gasteiger partial charge >= 0.3 is 5.97 Å². The molecule has 0 saturated carbocycles. The molecule has 0 N–H and O–H groups in total. The second kappa shape index (κ2) is 8.38. The van der Waals surface area contributed by atoms with Crippen molar-refractivity contribution in [1.82, 2.24) is 4.31 Å². The molecule has 1 heterocycles. The van der Waals surface area contributed by atoms with Gasteiger partial charge in [-0.1, -0.05) is 11.6 Å². The summed E-state index contributed by atoms with van der Waals surface area (Å²) in [5, 5.41) is 0.378. The van der Waals surface area contributed by atoms with Crippen LogP contribution in [-0.4, -0.2) is 45.0 Å². The number of carbonyl (C=O) groups excluding carboxylic acids is 1. The van der Waals surface area contributed by atoms with Crippen molar-refractivity contribution in [3.8, 4) is 5.75 Å². The van der Waals surface area contributed by atoms with Crippen LogP contribution in [0.4, 0.5) is 0 Å². The lowest BCUT2D eigenvalue weighted by Gasteiger charge is -2.30. The predicted molar refractivity (Wildman–Crippen MR) is 95.5 cm³/mol. The molecule has 6 nitrogen and oxygen atoms in total. The fourth-order valence-corrected chi connectivity index (χ4v) is 4.67. The first-order valence-electron chi connectivity index (χ1n) is 8.41. The first-order valence-corrected chi connectivity index (χ1v) is 10.2. The smallest absolute Gasteiger partial charge is 0.309 e. The third-order valence-corrected chi connectivity index (χ3v) is 6.54. The van der Waals surface area contributed by atoms with Gasteiger partial charge in [-0.3, -0.25) is 4.79 Å². The summed E-state index contributed by atoms with van der Waals surface area (Å²) in [4.78, 5) is 11.9. The maximum absolute atomic E-state index is 13.0. The molecule has 1 aliphatic heterocycles. The van der Waals surface area contributed by atoms with Crippen molar-refractivity contribution in [2.75, 3.05) is 26.3 Å². The summed E-state index contributed by atoms with van der Waals surface area (Å²) in [7, 11) is -3.74. The molecular weight excluding hydrogens is 366 g/mol. The van der Waals surface area contributed by atoms with Gasteiger partial charge in [-0.15, -0.1) is 0 Å². The lowest BCUT2D eigenvalue weighted by molar-refractivity contribution is -0.149. The highest BCUT2D eigenvalue weighted by molar-refractivity contribution is 7.89. The van der Waals surface area contributed by atoms with Gasteiger partial charge in [-0.2, -0.15) is 4.31 Å². The number of halogens is 1. The SMILES string of the molecule is CCOC(=O)C1CCN(S(=O)(=O)c2cc(Cl)c(C)cc2OCC)CC1. The van der Waals surface area contributed by atoms with E-state index >= 15 is 0 Å². The van der Waals surface area contributed by atoms with Crippen LogP contribution in [0.1, 0.15) is 32.3 Å². The van der Waals surface area contributed by atoms with Gasteiger partial charge in [0.25, 0.3) is 0 Å². The third-order valence-electron chi connectivity index (χ3n) is 4.22. The lowest BCUT2D eigenvalue weighted by atomic mass is 9.98. The van der Waals surface area contributed by atoms with E-state index in [-0.39, 0.29) is 29.9 Å². The van der Waals surface area contributed by atoms with E-state index in [0.29, 0.717) is 36.8 Å². The molecule has 1 saturated heterocycles. The highest BCUT2D eigenvalue weighted by atomic mass is 35.5. The Morgan fingerprint density at radius 2 is 1.88 bits per heavy atom. The van der Waals surface area contributed by atoms with Crippen LogP contribution in [0.3, 0.4) is 0 Å². The van der Waals surface area contributed by atoms with Crippen molar-refractivity contribution in [2.45, 2.75) is 38.5 Å². The number of hydrogen-bond acceptors (Lipinski definition) is 5. The number of piperidine rings is 1. The molecule has 0 bridgehead atoms. The number of sulfonamides is 1. The normalized spacial score (nSPS) is 16.6. The quantitative estimate of drug-likeness (QED) is 0.699. The Morgan fingerprint density at radius 1 is 1.24 bits per heavy atom. The van der Waals surface area contributed by atoms with Crippen LogP contribution in [-0.2, 0) is 19.6 Å². The van der Waals surface area contributed by atoms with Gasteiger partial charge < -0.3 is 9.47 Å². The Kier molecular flexibility index (Phi) is 6.71. The zero-order valence-electron chi connectivity index (χ0n) is 14.7. The maximum Gasteiger partial charge on any atom is 0.309 e. The Hall–Kier alpha value is -1.31. The molecule has 1 aromatic carbocycles. The van der Waals surface area contributed by atoms with Crippen molar-refractivity contribution in [1.29, 1.82) is 0 Å². The van der Waals surface area contributed by atoms with Gasteiger partial charge in [-0.05, 0) is 51.3 Å². The maximum atomic E-state index is 13.0. The number of hydrogen-bond donors (Lipinski definition) is 0. The van der Waals surface area contributed by atoms with Gasteiger partial charge in [0, 0.05) is 18.1 Å². The Balaban J connectivity index is 2.23. The minimum Gasteiger partial charge on any atom is -0.492 e. The van der Waals surface area contributed by atoms with Crippen molar-refractivity contribution in [2.24, 2.45) is 5.92 Å². The van der Waals surface area contributed by atoms with Gasteiger partial charge in [0.05, 0.1) is 19.1 Å². The molecule has 0 aliphatic carbocycles. The minimum absolute atomic E-state index is 0.0690. The summed E-state index contributed by atoms with van der Waals surface area (Å²) in [6.45, 7) is 6.57. The first-order chi connectivity index (χ1) is 11.8. The number of benzene rings is 1. The fourth-order valence-electron chi connectivity index (χ4n) is 2.84. The van der Waals surface area contributed by atoms with Crippen molar-refractivity contribution < 1.29 is 22.7 Å². The van der Waals surface area contributed by atoms with E-state index in [0.717, 1.165) is 5.56 Å². The molecule has 2 rings (SSSR count). The zero-order chi connectivity index (χ0) is 18.6. The molecule has 8 heteroatoms. The van der Waals surface area contributed by atoms with E-state index < -0.39 is 10.0 Å². The largest absolute Gasteiger partial charge is 0.492 e. The Labute approximate surface area is 154 Å². The number of rotatable bonds is 6. The van der Waals surface area contributed by atoms with Crippen LogP contribution in [0, 0.1) is 12.8 Å². The summed E-state index contributed by atoms with van der Waals surface area (Å²) in [5.74, 6) is -0.204. The second-order valence-corrected chi connectivity index (χ2v) is 8.23. The van der Waals surface area contributed by atoms with Crippen LogP contribution in [0.25, 0.3) is 0 Å². The number of ether oxygens (including phenoxy) is 2. The average Bonchev–Trinajstić information content (AvgIpc) is 2.58. The van der Waals surface area contributed by atoms with E-state index in [4.69, 9.17) is 21.1 Å². The molecule has 0 amide bonds. The number of esters is 1. The summed E-state index contributed by atoms with van der Waals surface area (Å²) >= 11 is 6.13. The Morgan fingerprint density at radius 3 is 2.44 bits per heavy atom. The topological polar surface area (TPSA) is 72.9 Å². The van der Waals surface area contributed by atoms with Gasteiger partial charge in [0.1, 0.15) is 10.6 Å². The monoisotopic (exact) mass is 389 g/mol. The molecule has 25 heavy (non-hydrogen) atoms. The van der Waals surface area contributed by atoms with E-state index in [1.54, 1.807) is 26.8 Å². The Bertz CT molecular complexity index is 727. The molecule has 0 spiro atoms. The zero-order valence-corrected chi connectivity index (χ0v) is 16.3. The van der Waals surface area contributed by atoms with Crippen molar-refractivity contribution in [3.05, 3.63) is 22.7 Å². The van der Waals surface area contributed by atoms with E-state index in [2.05, 4.69) is 0 Å². The molecule has 1 fully saturated rings. The van der Waals surface area contributed by atoms with Gasteiger partial charge in [0.15, 0.2) is 0 Å². The van der Waals surface area contributed by atoms with Crippen molar-refractivity contribution >= 4 is 27.6 Å². The van der Waals surface area contributed by atoms with Crippen LogP contribution < -0.4 is 4.74 Å². The van der Waals surface area contributed by atoms with E-state index in [1.165, 1.54) is 10.4 Å².